The first-order chi connectivity index (χ1) is 66.0. The fraction of sp³-hybridized carbons (Fsp3) is 0.748. The standard InChI is InChI=1S/C37H54N6O7.C35H58N6O7.C31H52N6O7/c1-19(2)27(18-50-36(49)39-20(3)4)41-35(48)42-29(24-15-22-12-7-8-13-23(22)16-24)34(47)43-17-25-28(37(25,5)6)30(43)33(46)40-26(31(44)32(38)45)14-21-10-9-11-21;1-11-13-22(26(42)29(44)36-16-12-2)38-28(43)25-24-21(35(24,9)10)18-41(25)30(45)27(34(6,7)8)40-31(46)39-23(33(3,4)5)19-48-32(47)37-17-20-14-15-20;1-29(2,3)19(15-44-28(43)33-9)35-27(42)36-23(30(4,5)6)26(41)37-14-17-20(31(17,7)8)21(37)25(40)34-18(22(38)24(32)39)13-16-11-10-12-16/h7-8,12-13,19-21,24-30H,9-11,14-18H2,1-6H3,(H2,38,45)(H,39,49)(H,40,46)(H2,41,42,48);12,20-25,27H,2,11,13-19H2,1,3-10H3,(H,36,44)(H,37,47)(H,38,43)(H2,39,40,46);16-21,23H,10-15H2,1-9H3,(H2,32,39)(H,33,43)(H,34,40)(H2,35,36,42)/t25?,26?,27-,28?,29+,30+;21?,22?,23-,24?,25-,27+;17?,18?,19-,20?,21-,23+/m100/s1. The lowest BCUT2D eigenvalue weighted by molar-refractivity contribution is -0.145. The summed E-state index contributed by atoms with van der Waals surface area (Å²) in [5, 5.41) is 35.9. The molecule has 0 radical (unpaired) electrons. The van der Waals surface area contributed by atoms with Crippen LogP contribution in [0.15, 0.2) is 36.9 Å². The van der Waals surface area contributed by atoms with Crippen molar-refractivity contribution in [3.05, 3.63) is 48.0 Å². The molecule has 9 fully saturated rings. The molecule has 3 heterocycles. The van der Waals surface area contributed by atoms with E-state index in [1.165, 1.54) is 22.9 Å². The molecule has 792 valence electrons. The number of fused-ring (bicyclic) bond motifs is 4. The highest BCUT2D eigenvalue weighted by atomic mass is 16.6. The maximum absolute atomic E-state index is 14.7. The first-order valence-corrected chi connectivity index (χ1v) is 50.9. The lowest BCUT2D eigenvalue weighted by Crippen LogP contribution is -2.62. The van der Waals surface area contributed by atoms with Gasteiger partial charge in [0.1, 0.15) is 56.1 Å². The van der Waals surface area contributed by atoms with E-state index in [1.807, 2.05) is 156 Å². The van der Waals surface area contributed by atoms with Gasteiger partial charge in [0.05, 0.1) is 36.3 Å². The van der Waals surface area contributed by atoms with Crippen LogP contribution >= 0.6 is 0 Å². The molecule has 1 aromatic carbocycles. The van der Waals surface area contributed by atoms with Gasteiger partial charge < -0.3 is 109 Å². The molecule has 11 rings (SSSR count). The molecular weight excluding hydrogens is 1830 g/mol. The number of nitrogens with two attached hydrogens (primary N) is 2. The predicted molar refractivity (Wildman–Crippen MR) is 530 cm³/mol. The van der Waals surface area contributed by atoms with Gasteiger partial charge in [-0.1, -0.05) is 221 Å². The van der Waals surface area contributed by atoms with Gasteiger partial charge in [0.15, 0.2) is 0 Å². The number of hydrogen-bond donors (Lipinski definition) is 15. The lowest BCUT2D eigenvalue weighted by atomic mass is 9.80. The number of primary amides is 2. The maximum atomic E-state index is 14.7. The van der Waals surface area contributed by atoms with Gasteiger partial charge in [0, 0.05) is 45.8 Å². The van der Waals surface area contributed by atoms with Gasteiger partial charge in [-0.05, 0) is 173 Å². The van der Waals surface area contributed by atoms with Crippen LogP contribution in [0.4, 0.5) is 28.8 Å². The van der Waals surface area contributed by atoms with Crippen LogP contribution in [0.25, 0.3) is 0 Å². The molecule has 9 unspecified atom stereocenters. The van der Waals surface area contributed by atoms with E-state index in [0.29, 0.717) is 64.2 Å². The second kappa shape index (κ2) is 46.7. The number of benzene rings is 1. The van der Waals surface area contributed by atoms with E-state index >= 15 is 0 Å². The van der Waals surface area contributed by atoms with E-state index in [9.17, 15) is 86.3 Å². The monoisotopic (exact) mass is 1990 g/mol. The molecule has 0 aromatic heterocycles. The van der Waals surface area contributed by atoms with Crippen LogP contribution in [0.2, 0.25) is 0 Å². The van der Waals surface area contributed by atoms with Crippen LogP contribution in [0.1, 0.15) is 247 Å². The molecule has 18 atom stereocenters. The Morgan fingerprint density at radius 2 is 0.845 bits per heavy atom. The number of piperidine rings is 3. The topological polar surface area (TPSA) is 553 Å². The third-order valence-electron chi connectivity index (χ3n) is 31.2. The molecule has 17 N–H and O–H groups in total. The van der Waals surface area contributed by atoms with Crippen molar-refractivity contribution >= 4 is 107 Å². The van der Waals surface area contributed by atoms with Gasteiger partial charge >= 0.3 is 36.4 Å². The van der Waals surface area contributed by atoms with E-state index in [1.54, 1.807) is 4.90 Å². The van der Waals surface area contributed by atoms with Crippen molar-refractivity contribution in [3.63, 3.8) is 0 Å². The molecule has 39 heteroatoms. The van der Waals surface area contributed by atoms with Crippen LogP contribution in [-0.2, 0) is 84.6 Å². The zero-order chi connectivity index (χ0) is 106. The fourth-order valence-electron chi connectivity index (χ4n) is 21.0. The molecule has 0 spiro atoms. The highest BCUT2D eigenvalue weighted by Crippen LogP contribution is 2.67. The minimum absolute atomic E-state index is 0.0579. The number of nitrogens with zero attached hydrogens (tertiary/aromatic N) is 3. The number of rotatable bonds is 40. The van der Waals surface area contributed by atoms with Crippen molar-refractivity contribution in [2.45, 2.75) is 328 Å². The van der Waals surface area contributed by atoms with Crippen molar-refractivity contribution in [2.75, 3.05) is 59.6 Å². The SMILES string of the molecule is C=CCNC(=O)C(=O)C(CCC)NC(=O)[C@@H]1C2C(CN1C(=O)[C@@H](NC(=O)N[C@@H](COC(=O)NCC1CC1)C(C)(C)C)C(C)(C)C)C2(C)C.CC(C)NC(=O)OC[C@@H](NC(=O)N[C@H](C(=O)N1CC2C([C@H]1C(=O)NC(CC1CCC1)C(=O)C(N)=O)C2(C)C)C1Cc2ccccc2C1)C(C)C.CNC(=O)OC[C@H](NC(=O)N[C@H](C(=O)N1CC2C([C@H]1C(=O)NC(CC1CCC1)C(=O)C(N)=O)C2(C)C)C(C)(C)C)C(C)(C)C. The number of nitrogens with one attached hydrogen (secondary N) is 13. The molecule has 10 aliphatic rings. The summed E-state index contributed by atoms with van der Waals surface area (Å²) in [4.78, 5) is 241. The smallest absolute Gasteiger partial charge is 0.407 e. The number of hydrogen-bond acceptors (Lipinski definition) is 21. The van der Waals surface area contributed by atoms with Crippen LogP contribution in [0, 0.1) is 103 Å². The molecule has 0 bridgehead atoms. The number of carbonyl (C=O) groups is 18. The number of urea groups is 3. The van der Waals surface area contributed by atoms with Gasteiger partial charge in [-0.3, -0.25) is 57.5 Å². The summed E-state index contributed by atoms with van der Waals surface area (Å²) in [6, 6.07) is -4.35. The van der Waals surface area contributed by atoms with Crippen LogP contribution in [-0.4, -0.2) is 260 Å². The Morgan fingerprint density at radius 1 is 0.458 bits per heavy atom. The Balaban J connectivity index is 0.000000238. The normalized spacial score (nSPS) is 23.8. The van der Waals surface area contributed by atoms with Gasteiger partial charge in [-0.25, -0.2) is 28.8 Å². The summed E-state index contributed by atoms with van der Waals surface area (Å²) in [5.41, 5.74) is 9.88. The average molecular weight is 1990 g/mol. The van der Waals surface area contributed by atoms with E-state index in [4.69, 9.17) is 25.7 Å². The zero-order valence-electron chi connectivity index (χ0n) is 88.1. The summed E-state index contributed by atoms with van der Waals surface area (Å²) < 4.78 is 16.0. The quantitative estimate of drug-likeness (QED) is 0.0178. The number of Topliss-reactive ketones (excluding diaryl/α,β-unsaturated/α-hetero) is 3. The van der Waals surface area contributed by atoms with Crippen molar-refractivity contribution in [1.29, 1.82) is 0 Å². The largest absolute Gasteiger partial charge is 0.447 e. The highest BCUT2D eigenvalue weighted by molar-refractivity contribution is 6.39. The average Bonchev–Trinajstić information content (AvgIpc) is 1.53. The van der Waals surface area contributed by atoms with Crippen LogP contribution in [0.3, 0.4) is 0 Å². The Bertz CT molecular complexity index is 4790. The molecule has 7 aliphatic carbocycles. The van der Waals surface area contributed by atoms with Gasteiger partial charge in [0.25, 0.3) is 17.7 Å². The number of ether oxygens (including phenoxy) is 3. The molecule has 18 amide bonds. The zero-order valence-corrected chi connectivity index (χ0v) is 88.1. The van der Waals surface area contributed by atoms with Crippen LogP contribution in [0.5, 0.6) is 0 Å². The summed E-state index contributed by atoms with van der Waals surface area (Å²) in [5.74, 6) is -7.74. The van der Waals surface area contributed by atoms with E-state index in [0.717, 1.165) is 62.5 Å². The molecule has 6 saturated carbocycles. The number of amides is 18. The molecule has 1 aromatic rings. The summed E-state index contributed by atoms with van der Waals surface area (Å²) >= 11 is 0. The van der Waals surface area contributed by atoms with Gasteiger partial charge in [0.2, 0.25) is 52.8 Å². The van der Waals surface area contributed by atoms with Crippen molar-refractivity contribution in [3.8, 4) is 0 Å². The number of carbonyl (C=O) groups excluding carboxylic acids is 18. The molecule has 39 nitrogen and oxygen atoms in total. The Morgan fingerprint density at radius 3 is 1.19 bits per heavy atom. The number of alkyl carbamates (subject to hydrolysis) is 3. The first-order valence-electron chi connectivity index (χ1n) is 50.9. The Kier molecular flexibility index (Phi) is 37.6. The van der Waals surface area contributed by atoms with E-state index < -0.39 is 195 Å². The third kappa shape index (κ3) is 28.9. The molecule has 142 heavy (non-hydrogen) atoms. The van der Waals surface area contributed by atoms with Crippen LogP contribution < -0.4 is 80.6 Å². The second-order valence-electron chi connectivity index (χ2n) is 47.7. The lowest BCUT2D eigenvalue weighted by Gasteiger charge is -2.38. The predicted octanol–water partition coefficient (Wildman–Crippen LogP) is 7.01. The summed E-state index contributed by atoms with van der Waals surface area (Å²) in [7, 11) is 1.44. The van der Waals surface area contributed by atoms with E-state index in [2.05, 4.69) is 103 Å². The number of likely N-dealkylation sites (tertiary alicyclic amines) is 3. The van der Waals surface area contributed by atoms with Gasteiger partial charge in [-0.2, -0.15) is 0 Å². The molecule has 3 saturated heterocycles. The maximum Gasteiger partial charge on any atom is 0.407 e. The molecular formula is C103H164N18O21. The van der Waals surface area contributed by atoms with Crippen molar-refractivity contribution < 1.29 is 101 Å². The summed E-state index contributed by atoms with van der Waals surface area (Å²) in [6.45, 7) is 49.0. The minimum atomic E-state index is -1.10. The number of ketones is 3. The highest BCUT2D eigenvalue weighted by Gasteiger charge is 2.73. The molecule has 3 aliphatic heterocycles. The third-order valence-corrected chi connectivity index (χ3v) is 31.2. The first kappa shape index (κ1) is 114. The summed E-state index contributed by atoms with van der Waals surface area (Å²) in [6.07, 6.45) is 10.2. The minimum Gasteiger partial charge on any atom is -0.447 e. The van der Waals surface area contributed by atoms with Crippen molar-refractivity contribution in [1.82, 2.24) is 83.8 Å². The second-order valence-corrected chi connectivity index (χ2v) is 47.7. The van der Waals surface area contributed by atoms with Crippen molar-refractivity contribution in [2.24, 2.45) is 114 Å². The Labute approximate surface area is 836 Å². The fourth-order valence-corrected chi connectivity index (χ4v) is 21.0. The van der Waals surface area contributed by atoms with Gasteiger partial charge in [-0.15, -0.1) is 6.58 Å². The Hall–Kier alpha value is -11.2. The van der Waals surface area contributed by atoms with E-state index in [-0.39, 0.29) is 120 Å².